The summed E-state index contributed by atoms with van der Waals surface area (Å²) in [5, 5.41) is 2.67. The second-order valence-corrected chi connectivity index (χ2v) is 4.94. The highest BCUT2D eigenvalue weighted by Crippen LogP contribution is 2.13. The summed E-state index contributed by atoms with van der Waals surface area (Å²) in [4.78, 5) is 25.6. The highest BCUT2D eigenvalue weighted by Gasteiger charge is 2.01. The maximum atomic E-state index is 11.7. The molecule has 0 radical (unpaired) electrons. The van der Waals surface area contributed by atoms with Gasteiger partial charge in [0, 0.05) is 10.6 Å². The van der Waals surface area contributed by atoms with Crippen LogP contribution in [-0.2, 0) is 4.79 Å². The zero-order valence-electron chi connectivity index (χ0n) is 11.5. The van der Waals surface area contributed by atoms with Gasteiger partial charge in [0.1, 0.15) is 0 Å². The Bertz CT molecular complexity index is 606. The average Bonchev–Trinajstić information content (AvgIpc) is 2.55. The fourth-order valence-electron chi connectivity index (χ4n) is 1.53. The molecular weight excluding hydrogens is 302 g/mol. The number of carbonyl (C=O) groups is 2. The fourth-order valence-corrected chi connectivity index (χ4v) is 2.09. The van der Waals surface area contributed by atoms with Crippen molar-refractivity contribution in [2.45, 2.75) is 4.90 Å². The molecule has 0 bridgehead atoms. The Labute approximate surface area is 131 Å². The molecule has 0 saturated carbocycles. The highest BCUT2D eigenvalue weighted by atomic mass is 32.2. The van der Waals surface area contributed by atoms with Crippen molar-refractivity contribution in [2.24, 2.45) is 0 Å². The molecule has 3 amide bonds. The van der Waals surface area contributed by atoms with E-state index in [1.807, 2.05) is 30.3 Å². The van der Waals surface area contributed by atoms with Crippen LogP contribution in [0.1, 0.15) is 0 Å². The molecule has 2 aromatic carbocycles. The molecule has 7 nitrogen and oxygen atoms in total. The van der Waals surface area contributed by atoms with Gasteiger partial charge in [-0.2, -0.15) is 4.83 Å². The summed E-state index contributed by atoms with van der Waals surface area (Å²) in [6, 6.07) is 16.1. The Kier molecular flexibility index (Phi) is 6.09. The third-order valence-electron chi connectivity index (χ3n) is 2.49. The second-order valence-electron chi connectivity index (χ2n) is 4.06. The molecular formula is C14H15N5O2S. The number of hydrogen-bond donors (Lipinski definition) is 5. The molecule has 0 unspecified atom stereocenters. The van der Waals surface area contributed by atoms with E-state index in [9.17, 15) is 9.59 Å². The van der Waals surface area contributed by atoms with Gasteiger partial charge in [-0.25, -0.2) is 4.79 Å². The van der Waals surface area contributed by atoms with Crippen molar-refractivity contribution in [2.75, 3.05) is 10.7 Å². The largest absolute Gasteiger partial charge is 0.334 e. The Hall–Kier alpha value is -2.71. The number of nitrogens with one attached hydrogen (secondary N) is 5. The van der Waals surface area contributed by atoms with E-state index in [4.69, 9.17) is 0 Å². The van der Waals surface area contributed by atoms with Crippen LogP contribution in [0, 0.1) is 0 Å². The highest BCUT2D eigenvalue weighted by molar-refractivity contribution is 7.97. The third-order valence-corrected chi connectivity index (χ3v) is 3.21. The smallest absolute Gasteiger partial charge is 0.307 e. The van der Waals surface area contributed by atoms with Crippen LogP contribution in [0.3, 0.4) is 0 Å². The quantitative estimate of drug-likeness (QED) is 0.306. The van der Waals surface area contributed by atoms with Gasteiger partial charge in [0.05, 0.1) is 5.69 Å². The van der Waals surface area contributed by atoms with Crippen molar-refractivity contribution >= 4 is 35.8 Å². The van der Waals surface area contributed by atoms with Crippen LogP contribution < -0.4 is 26.4 Å². The summed E-state index contributed by atoms with van der Waals surface area (Å²) in [6.07, 6.45) is 0.537. The summed E-state index contributed by atoms with van der Waals surface area (Å²) >= 11 is 1.30. The molecule has 114 valence electrons. The molecule has 0 atom stereocenters. The number of hydrogen-bond acceptors (Lipinski definition) is 5. The molecule has 22 heavy (non-hydrogen) atoms. The minimum atomic E-state index is -0.379. The molecule has 2 rings (SSSR count). The van der Waals surface area contributed by atoms with Gasteiger partial charge >= 0.3 is 6.03 Å². The maximum Gasteiger partial charge on any atom is 0.334 e. The fraction of sp³-hybridized carbons (Fsp3) is 0. The second kappa shape index (κ2) is 8.55. The van der Waals surface area contributed by atoms with Gasteiger partial charge in [0.2, 0.25) is 6.41 Å². The van der Waals surface area contributed by atoms with Crippen molar-refractivity contribution in [1.29, 1.82) is 0 Å². The van der Waals surface area contributed by atoms with Crippen LogP contribution >= 0.6 is 11.9 Å². The zero-order chi connectivity index (χ0) is 15.6. The molecule has 0 saturated heterocycles. The number of benzene rings is 2. The molecule has 0 spiro atoms. The summed E-state index contributed by atoms with van der Waals surface area (Å²) in [5.74, 6) is 0. The van der Waals surface area contributed by atoms with Crippen molar-refractivity contribution in [3.63, 3.8) is 0 Å². The predicted octanol–water partition coefficient (Wildman–Crippen LogP) is 2.09. The molecule has 0 aliphatic carbocycles. The Balaban J connectivity index is 1.73. The third kappa shape index (κ3) is 5.35. The van der Waals surface area contributed by atoms with E-state index in [1.54, 1.807) is 24.3 Å². The van der Waals surface area contributed by atoms with E-state index in [0.29, 0.717) is 17.8 Å². The maximum absolute atomic E-state index is 11.7. The predicted molar refractivity (Wildman–Crippen MR) is 86.9 cm³/mol. The number of carbonyl (C=O) groups excluding carboxylic acids is 2. The number of hydrazine groups is 2. The van der Waals surface area contributed by atoms with Gasteiger partial charge in [-0.05, 0) is 48.3 Å². The molecule has 2 aromatic rings. The summed E-state index contributed by atoms with van der Waals surface area (Å²) in [5.41, 5.74) is 8.84. The van der Waals surface area contributed by atoms with Crippen LogP contribution in [0.25, 0.3) is 0 Å². The van der Waals surface area contributed by atoms with Gasteiger partial charge < -0.3 is 5.32 Å². The van der Waals surface area contributed by atoms with Gasteiger partial charge in [-0.1, -0.05) is 18.2 Å². The molecule has 8 heteroatoms. The summed E-state index contributed by atoms with van der Waals surface area (Å²) < 4.78 is 0. The first-order valence-corrected chi connectivity index (χ1v) is 7.19. The first-order chi connectivity index (χ1) is 10.8. The van der Waals surface area contributed by atoms with Crippen molar-refractivity contribution in [3.05, 3.63) is 54.6 Å². The van der Waals surface area contributed by atoms with Crippen LogP contribution in [0.15, 0.2) is 59.5 Å². The van der Waals surface area contributed by atoms with Crippen molar-refractivity contribution in [3.8, 4) is 0 Å². The lowest BCUT2D eigenvalue weighted by Crippen LogP contribution is -2.36. The Morgan fingerprint density at radius 1 is 0.955 bits per heavy atom. The monoisotopic (exact) mass is 317 g/mol. The van der Waals surface area contributed by atoms with Crippen LogP contribution in [0.4, 0.5) is 16.2 Å². The molecule has 5 N–H and O–H groups in total. The molecule has 0 fully saturated rings. The summed E-state index contributed by atoms with van der Waals surface area (Å²) in [6.45, 7) is 0. The minimum absolute atomic E-state index is 0.379. The molecule has 0 aliphatic heterocycles. The van der Waals surface area contributed by atoms with Gasteiger partial charge in [-0.3, -0.25) is 21.1 Å². The number of rotatable bonds is 7. The summed E-state index contributed by atoms with van der Waals surface area (Å²) in [7, 11) is 0. The first kappa shape index (κ1) is 15.7. The molecule has 0 aromatic heterocycles. The SMILES string of the molecule is O=CNNc1ccc(NC(=O)NNSc2ccccc2)cc1. The van der Waals surface area contributed by atoms with Crippen LogP contribution in [-0.4, -0.2) is 12.4 Å². The van der Waals surface area contributed by atoms with E-state index >= 15 is 0 Å². The van der Waals surface area contributed by atoms with Gasteiger partial charge in [-0.15, -0.1) is 0 Å². The molecule has 0 heterocycles. The standard InChI is InChI=1S/C14H15N5O2S/c20-10-15-17-12-8-6-11(7-9-12)16-14(21)18-19-22-13-4-2-1-3-5-13/h1-10,17,19H,(H,15,20)(H2,16,18,21). The minimum Gasteiger partial charge on any atom is -0.307 e. The number of urea groups is 1. The van der Waals surface area contributed by atoms with Crippen LogP contribution in [0.5, 0.6) is 0 Å². The lowest BCUT2D eigenvalue weighted by molar-refractivity contribution is -0.109. The van der Waals surface area contributed by atoms with Crippen LogP contribution in [0.2, 0.25) is 0 Å². The van der Waals surface area contributed by atoms with E-state index < -0.39 is 0 Å². The van der Waals surface area contributed by atoms with E-state index in [2.05, 4.69) is 26.4 Å². The normalized spacial score (nSPS) is 9.64. The molecule has 0 aliphatic rings. The lowest BCUT2D eigenvalue weighted by atomic mass is 10.3. The van der Waals surface area contributed by atoms with Gasteiger partial charge in [0.15, 0.2) is 0 Å². The first-order valence-electron chi connectivity index (χ1n) is 6.37. The zero-order valence-corrected chi connectivity index (χ0v) is 12.3. The van der Waals surface area contributed by atoms with Gasteiger partial charge in [0.25, 0.3) is 0 Å². The topological polar surface area (TPSA) is 94.3 Å². The Morgan fingerprint density at radius 2 is 1.64 bits per heavy atom. The lowest BCUT2D eigenvalue weighted by Gasteiger charge is -2.09. The van der Waals surface area contributed by atoms with Crippen molar-refractivity contribution in [1.82, 2.24) is 15.7 Å². The van der Waals surface area contributed by atoms with E-state index in [-0.39, 0.29) is 6.03 Å². The van der Waals surface area contributed by atoms with Crippen molar-refractivity contribution < 1.29 is 9.59 Å². The number of amides is 3. The van der Waals surface area contributed by atoms with E-state index in [1.165, 1.54) is 11.9 Å². The number of anilines is 2. The van der Waals surface area contributed by atoms with E-state index in [0.717, 1.165) is 4.90 Å². The average molecular weight is 317 g/mol. The Morgan fingerprint density at radius 3 is 2.32 bits per heavy atom.